The molecule has 0 spiro atoms. The SMILES string of the molecule is Cn1cc(CN2CCN(C(=O)O)C[C@H]2C(c2ccccc2)c2ccccc2)cn1. The number of carboxylic acid groups (broad SMARTS) is 1. The average Bonchev–Trinajstić information content (AvgIpc) is 3.15. The van der Waals surface area contributed by atoms with E-state index in [-0.39, 0.29) is 12.0 Å². The zero-order valence-corrected chi connectivity index (χ0v) is 16.6. The van der Waals surface area contributed by atoms with Crippen molar-refractivity contribution in [2.24, 2.45) is 7.05 Å². The Morgan fingerprint density at radius 3 is 2.21 bits per heavy atom. The minimum Gasteiger partial charge on any atom is -0.465 e. The lowest BCUT2D eigenvalue weighted by atomic mass is 9.83. The van der Waals surface area contributed by atoms with Gasteiger partial charge in [0.1, 0.15) is 0 Å². The summed E-state index contributed by atoms with van der Waals surface area (Å²) in [6, 6.07) is 20.8. The molecule has 0 aliphatic carbocycles. The van der Waals surface area contributed by atoms with Crippen molar-refractivity contribution in [3.05, 3.63) is 89.7 Å². The van der Waals surface area contributed by atoms with Crippen molar-refractivity contribution >= 4 is 6.09 Å². The minimum atomic E-state index is -0.851. The normalized spacial score (nSPS) is 17.6. The third kappa shape index (κ3) is 4.32. The predicted molar refractivity (Wildman–Crippen MR) is 112 cm³/mol. The van der Waals surface area contributed by atoms with Gasteiger partial charge in [0.25, 0.3) is 0 Å². The first-order valence-electron chi connectivity index (χ1n) is 9.91. The van der Waals surface area contributed by atoms with Crippen LogP contribution in [-0.4, -0.2) is 56.5 Å². The molecule has 1 saturated heterocycles. The third-order valence-electron chi connectivity index (χ3n) is 5.65. The molecular formula is C23H26N4O2. The van der Waals surface area contributed by atoms with E-state index in [1.165, 1.54) is 11.1 Å². The number of hydrogen-bond donors (Lipinski definition) is 1. The van der Waals surface area contributed by atoms with Gasteiger partial charge in [-0.25, -0.2) is 4.79 Å². The van der Waals surface area contributed by atoms with Crippen LogP contribution in [0.3, 0.4) is 0 Å². The summed E-state index contributed by atoms with van der Waals surface area (Å²) in [4.78, 5) is 15.7. The summed E-state index contributed by atoms with van der Waals surface area (Å²) in [5, 5.41) is 13.9. The van der Waals surface area contributed by atoms with Gasteiger partial charge in [-0.15, -0.1) is 0 Å². The van der Waals surface area contributed by atoms with Crippen LogP contribution in [-0.2, 0) is 13.6 Å². The molecule has 0 radical (unpaired) electrons. The molecule has 1 amide bonds. The minimum absolute atomic E-state index is 0.0323. The molecule has 1 aliphatic heterocycles. The monoisotopic (exact) mass is 390 g/mol. The molecule has 150 valence electrons. The Morgan fingerprint density at radius 2 is 1.69 bits per heavy atom. The zero-order valence-electron chi connectivity index (χ0n) is 16.6. The molecule has 1 atom stereocenters. The van der Waals surface area contributed by atoms with Gasteiger partial charge >= 0.3 is 6.09 Å². The molecule has 1 fully saturated rings. The highest BCUT2D eigenvalue weighted by molar-refractivity contribution is 5.65. The summed E-state index contributed by atoms with van der Waals surface area (Å²) >= 11 is 0. The average molecular weight is 390 g/mol. The van der Waals surface area contributed by atoms with Gasteiger partial charge in [0.2, 0.25) is 0 Å². The molecule has 0 bridgehead atoms. The van der Waals surface area contributed by atoms with E-state index in [4.69, 9.17) is 0 Å². The van der Waals surface area contributed by atoms with E-state index in [0.29, 0.717) is 19.6 Å². The predicted octanol–water partition coefficient (Wildman–Crippen LogP) is 3.42. The fourth-order valence-corrected chi connectivity index (χ4v) is 4.28. The number of aryl methyl sites for hydroxylation is 1. The lowest BCUT2D eigenvalue weighted by Gasteiger charge is -2.44. The first kappa shape index (κ1) is 19.2. The fraction of sp³-hybridized carbons (Fsp3) is 0.304. The molecule has 1 N–H and O–H groups in total. The molecule has 2 aromatic carbocycles. The molecule has 29 heavy (non-hydrogen) atoms. The molecular weight excluding hydrogens is 364 g/mol. The van der Waals surface area contributed by atoms with Crippen LogP contribution in [0.1, 0.15) is 22.6 Å². The number of nitrogens with zero attached hydrogens (tertiary/aromatic N) is 4. The quantitative estimate of drug-likeness (QED) is 0.725. The molecule has 2 heterocycles. The zero-order chi connectivity index (χ0) is 20.2. The molecule has 3 aromatic rings. The first-order chi connectivity index (χ1) is 14.1. The first-order valence-corrected chi connectivity index (χ1v) is 9.91. The summed E-state index contributed by atoms with van der Waals surface area (Å²) in [6.07, 6.45) is 3.07. The van der Waals surface area contributed by atoms with Crippen molar-refractivity contribution in [3.63, 3.8) is 0 Å². The fourth-order valence-electron chi connectivity index (χ4n) is 4.28. The van der Waals surface area contributed by atoms with Gasteiger partial charge in [0.05, 0.1) is 6.20 Å². The maximum absolute atomic E-state index is 11.8. The van der Waals surface area contributed by atoms with Crippen LogP contribution in [0.25, 0.3) is 0 Å². The van der Waals surface area contributed by atoms with Gasteiger partial charge in [-0.05, 0) is 11.1 Å². The van der Waals surface area contributed by atoms with Gasteiger partial charge in [0, 0.05) is 56.9 Å². The Bertz CT molecular complexity index is 902. The molecule has 1 aliphatic rings. The lowest BCUT2D eigenvalue weighted by Crippen LogP contribution is -2.56. The summed E-state index contributed by atoms with van der Waals surface area (Å²) < 4.78 is 1.81. The Labute approximate surface area is 171 Å². The number of benzene rings is 2. The van der Waals surface area contributed by atoms with Crippen molar-refractivity contribution in [2.75, 3.05) is 19.6 Å². The molecule has 6 heteroatoms. The number of piperazine rings is 1. The van der Waals surface area contributed by atoms with Gasteiger partial charge in [-0.3, -0.25) is 9.58 Å². The Kier molecular flexibility index (Phi) is 5.62. The maximum atomic E-state index is 11.8. The van der Waals surface area contributed by atoms with Crippen LogP contribution in [0.5, 0.6) is 0 Å². The smallest absolute Gasteiger partial charge is 0.407 e. The molecule has 0 unspecified atom stereocenters. The highest BCUT2D eigenvalue weighted by Crippen LogP contribution is 2.33. The van der Waals surface area contributed by atoms with Gasteiger partial charge in [-0.2, -0.15) is 5.10 Å². The van der Waals surface area contributed by atoms with Gasteiger partial charge in [0.15, 0.2) is 0 Å². The van der Waals surface area contributed by atoms with Crippen LogP contribution in [0.15, 0.2) is 73.1 Å². The van der Waals surface area contributed by atoms with Crippen LogP contribution in [0.2, 0.25) is 0 Å². The number of rotatable bonds is 5. The van der Waals surface area contributed by atoms with E-state index < -0.39 is 6.09 Å². The van der Waals surface area contributed by atoms with E-state index in [0.717, 1.165) is 12.1 Å². The standard InChI is InChI=1S/C23H26N4O2/c1-25-15-18(14-24-25)16-26-12-13-27(23(28)29)17-21(26)22(19-8-4-2-5-9-19)20-10-6-3-7-11-20/h2-11,14-15,21-22H,12-13,16-17H2,1H3,(H,28,29)/t21-/m0/s1. The van der Waals surface area contributed by atoms with Gasteiger partial charge < -0.3 is 10.0 Å². The van der Waals surface area contributed by atoms with Crippen molar-refractivity contribution in [1.29, 1.82) is 0 Å². The van der Waals surface area contributed by atoms with Crippen molar-refractivity contribution in [3.8, 4) is 0 Å². The third-order valence-corrected chi connectivity index (χ3v) is 5.65. The van der Waals surface area contributed by atoms with Crippen LogP contribution in [0.4, 0.5) is 4.79 Å². The lowest BCUT2D eigenvalue weighted by molar-refractivity contribution is 0.0574. The number of carbonyl (C=O) groups is 1. The Hall–Kier alpha value is -3.12. The topological polar surface area (TPSA) is 61.6 Å². The highest BCUT2D eigenvalue weighted by atomic mass is 16.4. The maximum Gasteiger partial charge on any atom is 0.407 e. The largest absolute Gasteiger partial charge is 0.465 e. The van der Waals surface area contributed by atoms with E-state index >= 15 is 0 Å². The van der Waals surface area contributed by atoms with E-state index in [1.807, 2.05) is 36.3 Å². The summed E-state index contributed by atoms with van der Waals surface area (Å²) in [5.41, 5.74) is 3.54. The Morgan fingerprint density at radius 1 is 1.07 bits per heavy atom. The van der Waals surface area contributed by atoms with Crippen LogP contribution >= 0.6 is 0 Å². The highest BCUT2D eigenvalue weighted by Gasteiger charge is 2.36. The van der Waals surface area contributed by atoms with Crippen LogP contribution in [0, 0.1) is 0 Å². The number of amides is 1. The summed E-state index contributed by atoms with van der Waals surface area (Å²) in [7, 11) is 1.92. The molecule has 0 saturated carbocycles. The molecule has 4 rings (SSSR count). The Balaban J connectivity index is 1.73. The second-order valence-electron chi connectivity index (χ2n) is 7.59. The van der Waals surface area contributed by atoms with E-state index in [1.54, 1.807) is 4.90 Å². The van der Waals surface area contributed by atoms with Crippen molar-refractivity contribution < 1.29 is 9.90 Å². The summed E-state index contributed by atoms with van der Waals surface area (Å²) in [5.74, 6) is 0.0798. The molecule has 1 aromatic heterocycles. The van der Waals surface area contributed by atoms with Gasteiger partial charge in [-0.1, -0.05) is 60.7 Å². The van der Waals surface area contributed by atoms with Crippen molar-refractivity contribution in [1.82, 2.24) is 19.6 Å². The summed E-state index contributed by atoms with van der Waals surface area (Å²) in [6.45, 7) is 2.44. The number of aromatic nitrogens is 2. The van der Waals surface area contributed by atoms with Crippen molar-refractivity contribution in [2.45, 2.75) is 18.5 Å². The number of hydrogen-bond acceptors (Lipinski definition) is 3. The molecule has 6 nitrogen and oxygen atoms in total. The second-order valence-corrected chi connectivity index (χ2v) is 7.59. The van der Waals surface area contributed by atoms with Crippen LogP contribution < -0.4 is 0 Å². The second kappa shape index (κ2) is 8.49. The van der Waals surface area contributed by atoms with E-state index in [9.17, 15) is 9.90 Å². The van der Waals surface area contributed by atoms with E-state index in [2.05, 4.69) is 58.5 Å².